The normalized spacial score (nSPS) is 11.2. The van der Waals surface area contributed by atoms with Crippen LogP contribution < -0.4 is 4.31 Å². The molecular formula is C8H10NO3S-. The van der Waals surface area contributed by atoms with Gasteiger partial charge in [0.05, 0.1) is 5.69 Å². The minimum absolute atomic E-state index is 0.149. The van der Waals surface area contributed by atoms with Crippen LogP contribution in [0.4, 0.5) is 5.69 Å². The van der Waals surface area contributed by atoms with Crippen LogP contribution in [0.3, 0.4) is 0 Å². The highest BCUT2D eigenvalue weighted by atomic mass is 32.2. The third-order valence-electron chi connectivity index (χ3n) is 1.60. The Morgan fingerprint density at radius 3 is 2.23 bits per heavy atom. The number of para-hydroxylation sites is 1. The van der Waals surface area contributed by atoms with E-state index in [1.54, 1.807) is 37.3 Å². The van der Waals surface area contributed by atoms with E-state index in [1.807, 2.05) is 0 Å². The van der Waals surface area contributed by atoms with Gasteiger partial charge in [-0.15, -0.1) is 0 Å². The molecule has 0 N–H and O–H groups in total. The largest absolute Gasteiger partial charge is 0.731 e. The van der Waals surface area contributed by atoms with Crippen molar-refractivity contribution in [2.45, 2.75) is 6.92 Å². The number of hydrogen-bond donors (Lipinski definition) is 0. The van der Waals surface area contributed by atoms with Crippen molar-refractivity contribution >= 4 is 16.0 Å². The molecule has 0 heterocycles. The van der Waals surface area contributed by atoms with Crippen molar-refractivity contribution in [3.05, 3.63) is 30.3 Å². The molecule has 0 bridgehead atoms. The van der Waals surface area contributed by atoms with Crippen LogP contribution in [0.15, 0.2) is 30.3 Å². The van der Waals surface area contributed by atoms with Gasteiger partial charge in [0.2, 0.25) is 0 Å². The van der Waals surface area contributed by atoms with Gasteiger partial charge in [-0.1, -0.05) is 18.2 Å². The Kier molecular flexibility index (Phi) is 2.90. The molecule has 0 aliphatic heterocycles. The molecule has 0 aliphatic rings. The molecule has 4 nitrogen and oxygen atoms in total. The number of benzene rings is 1. The van der Waals surface area contributed by atoms with Crippen LogP contribution in [0.2, 0.25) is 0 Å². The Morgan fingerprint density at radius 2 is 1.85 bits per heavy atom. The molecule has 0 saturated carbocycles. The highest BCUT2D eigenvalue weighted by Crippen LogP contribution is 2.15. The van der Waals surface area contributed by atoms with Crippen molar-refractivity contribution in [3.8, 4) is 0 Å². The summed E-state index contributed by atoms with van der Waals surface area (Å²) < 4.78 is 33.0. The van der Waals surface area contributed by atoms with E-state index < -0.39 is 10.3 Å². The van der Waals surface area contributed by atoms with E-state index in [9.17, 15) is 13.0 Å². The summed E-state index contributed by atoms with van der Waals surface area (Å²) >= 11 is 0. The van der Waals surface area contributed by atoms with Gasteiger partial charge >= 0.3 is 0 Å². The molecule has 0 amide bonds. The summed E-state index contributed by atoms with van der Waals surface area (Å²) in [5, 5.41) is 0. The summed E-state index contributed by atoms with van der Waals surface area (Å²) in [6.45, 7) is 1.76. The third-order valence-corrected chi connectivity index (χ3v) is 2.61. The van der Waals surface area contributed by atoms with Gasteiger partial charge in [-0.2, -0.15) is 0 Å². The van der Waals surface area contributed by atoms with Crippen molar-refractivity contribution in [3.63, 3.8) is 0 Å². The van der Waals surface area contributed by atoms with Crippen molar-refractivity contribution in [1.82, 2.24) is 0 Å². The second kappa shape index (κ2) is 3.76. The third kappa shape index (κ3) is 2.43. The van der Waals surface area contributed by atoms with E-state index in [0.717, 1.165) is 4.31 Å². The molecule has 0 spiro atoms. The summed E-state index contributed by atoms with van der Waals surface area (Å²) in [6.07, 6.45) is 0. The first-order valence-corrected chi connectivity index (χ1v) is 5.21. The van der Waals surface area contributed by atoms with Crippen LogP contribution in [-0.2, 0) is 10.3 Å². The van der Waals surface area contributed by atoms with E-state index in [4.69, 9.17) is 0 Å². The Labute approximate surface area is 77.7 Å². The molecule has 0 saturated heterocycles. The van der Waals surface area contributed by atoms with Gasteiger partial charge in [0.1, 0.15) is 0 Å². The molecule has 0 aromatic heterocycles. The van der Waals surface area contributed by atoms with Gasteiger partial charge in [0.15, 0.2) is 10.3 Å². The van der Waals surface area contributed by atoms with Crippen molar-refractivity contribution < 1.29 is 13.0 Å². The van der Waals surface area contributed by atoms with Crippen LogP contribution in [0.25, 0.3) is 0 Å². The van der Waals surface area contributed by atoms with Crippen molar-refractivity contribution in [2.75, 3.05) is 10.8 Å². The Bertz CT molecular complexity index is 360. The average molecular weight is 200 g/mol. The predicted molar refractivity (Wildman–Crippen MR) is 49.2 cm³/mol. The second-order valence-electron chi connectivity index (χ2n) is 2.46. The summed E-state index contributed by atoms with van der Waals surface area (Å²) in [4.78, 5) is 0. The standard InChI is InChI=1S/C8H11NO3S/c1-2-9(13(10,11)12)8-6-4-3-5-7-8/h3-7H,2H2,1H3,(H,10,11,12)/p-1. The highest BCUT2D eigenvalue weighted by Gasteiger charge is 2.08. The molecule has 0 atom stereocenters. The van der Waals surface area contributed by atoms with E-state index >= 15 is 0 Å². The van der Waals surface area contributed by atoms with Crippen LogP contribution in [-0.4, -0.2) is 19.5 Å². The molecule has 0 unspecified atom stereocenters. The molecule has 72 valence electrons. The lowest BCUT2D eigenvalue weighted by Gasteiger charge is -2.25. The Balaban J connectivity index is 3.06. The minimum atomic E-state index is -4.38. The number of rotatable bonds is 3. The van der Waals surface area contributed by atoms with Gasteiger partial charge in [-0.05, 0) is 19.1 Å². The average Bonchev–Trinajstić information content (AvgIpc) is 2.05. The Morgan fingerprint density at radius 1 is 1.31 bits per heavy atom. The first-order chi connectivity index (χ1) is 6.05. The number of nitrogens with zero attached hydrogens (tertiary/aromatic N) is 1. The van der Waals surface area contributed by atoms with Crippen molar-refractivity contribution in [1.29, 1.82) is 0 Å². The lowest BCUT2D eigenvalue weighted by atomic mass is 10.3. The van der Waals surface area contributed by atoms with Gasteiger partial charge < -0.3 is 4.55 Å². The zero-order chi connectivity index (χ0) is 9.90. The van der Waals surface area contributed by atoms with Crippen LogP contribution >= 0.6 is 0 Å². The fraction of sp³-hybridized carbons (Fsp3) is 0.250. The molecule has 13 heavy (non-hydrogen) atoms. The van der Waals surface area contributed by atoms with Gasteiger partial charge in [-0.3, -0.25) is 4.31 Å². The highest BCUT2D eigenvalue weighted by molar-refractivity contribution is 7.87. The molecule has 1 aromatic carbocycles. The van der Waals surface area contributed by atoms with Crippen molar-refractivity contribution in [2.24, 2.45) is 0 Å². The van der Waals surface area contributed by atoms with Crippen LogP contribution in [0, 0.1) is 0 Å². The molecular weight excluding hydrogens is 190 g/mol. The topological polar surface area (TPSA) is 60.4 Å². The van der Waals surface area contributed by atoms with E-state index in [0.29, 0.717) is 5.69 Å². The summed E-state index contributed by atoms with van der Waals surface area (Å²) in [5.41, 5.74) is 0.403. The maximum absolute atomic E-state index is 10.7. The SMILES string of the molecule is CCN(c1ccccc1)S(=O)(=O)[O-]. The fourth-order valence-corrected chi connectivity index (χ4v) is 1.76. The smallest absolute Gasteiger partial charge is 0.184 e. The van der Waals surface area contributed by atoms with E-state index in [-0.39, 0.29) is 6.54 Å². The van der Waals surface area contributed by atoms with Crippen LogP contribution in [0.1, 0.15) is 6.92 Å². The summed E-state index contributed by atoms with van der Waals surface area (Å²) in [6, 6.07) is 8.29. The first-order valence-electron chi connectivity index (χ1n) is 3.84. The maximum Gasteiger partial charge on any atom is 0.184 e. The van der Waals surface area contributed by atoms with E-state index in [1.165, 1.54) is 0 Å². The molecule has 1 rings (SSSR count). The number of anilines is 1. The lowest BCUT2D eigenvalue weighted by Crippen LogP contribution is -2.29. The maximum atomic E-state index is 10.7. The number of hydrogen-bond acceptors (Lipinski definition) is 3. The summed E-state index contributed by atoms with van der Waals surface area (Å²) in [7, 11) is -4.38. The summed E-state index contributed by atoms with van der Waals surface area (Å²) in [5.74, 6) is 0. The zero-order valence-electron chi connectivity index (χ0n) is 7.17. The Hall–Kier alpha value is -1.07. The van der Waals surface area contributed by atoms with Gasteiger partial charge in [0, 0.05) is 6.54 Å². The second-order valence-corrected chi connectivity index (χ2v) is 3.75. The lowest BCUT2D eigenvalue weighted by molar-refractivity contribution is 0.459. The van der Waals surface area contributed by atoms with E-state index in [2.05, 4.69) is 0 Å². The zero-order valence-corrected chi connectivity index (χ0v) is 7.99. The van der Waals surface area contributed by atoms with Gasteiger partial charge in [-0.25, -0.2) is 8.42 Å². The molecule has 0 radical (unpaired) electrons. The molecule has 5 heteroatoms. The minimum Gasteiger partial charge on any atom is -0.731 e. The van der Waals surface area contributed by atoms with Gasteiger partial charge in [0.25, 0.3) is 0 Å². The van der Waals surface area contributed by atoms with Crippen LogP contribution in [0.5, 0.6) is 0 Å². The fourth-order valence-electron chi connectivity index (χ4n) is 1.06. The molecule has 0 fully saturated rings. The molecule has 1 aromatic rings. The first kappa shape index (κ1) is 10.0. The quantitative estimate of drug-likeness (QED) is 0.683. The molecule has 0 aliphatic carbocycles. The monoisotopic (exact) mass is 200 g/mol. The predicted octanol–water partition coefficient (Wildman–Crippen LogP) is 0.973.